The van der Waals surface area contributed by atoms with E-state index < -0.39 is 18.7 Å². The lowest BCUT2D eigenvalue weighted by atomic mass is 9.97. The van der Waals surface area contributed by atoms with Crippen molar-refractivity contribution in [1.82, 2.24) is 15.4 Å². The van der Waals surface area contributed by atoms with Gasteiger partial charge in [0, 0.05) is 24.7 Å². The number of carbonyl (C=O) groups is 2. The van der Waals surface area contributed by atoms with Crippen LogP contribution in [0.1, 0.15) is 60.4 Å². The summed E-state index contributed by atoms with van der Waals surface area (Å²) in [5, 5.41) is 1.26. The van der Waals surface area contributed by atoms with E-state index in [1.54, 1.807) is 0 Å². The van der Waals surface area contributed by atoms with Crippen LogP contribution >= 0.6 is 0 Å². The van der Waals surface area contributed by atoms with Gasteiger partial charge in [0.15, 0.2) is 6.61 Å². The number of hydrogen-bond donors (Lipinski definition) is 1. The molecule has 1 aromatic rings. The molecule has 0 unspecified atom stereocenters. The van der Waals surface area contributed by atoms with Gasteiger partial charge < -0.3 is 4.74 Å². The summed E-state index contributed by atoms with van der Waals surface area (Å²) in [4.78, 5) is 27.9. The molecule has 1 aromatic heterocycles. The summed E-state index contributed by atoms with van der Waals surface area (Å²) in [5.74, 6) is -0.725. The maximum absolute atomic E-state index is 12.5. The number of carbonyl (C=O) groups excluding carboxylic acids is 2. The van der Waals surface area contributed by atoms with Crippen molar-refractivity contribution in [2.45, 2.75) is 50.6 Å². The predicted octanol–water partition coefficient (Wildman–Crippen LogP) is 2.95. The van der Waals surface area contributed by atoms with Crippen LogP contribution in [-0.2, 0) is 4.79 Å². The van der Waals surface area contributed by atoms with Crippen LogP contribution in [0.15, 0.2) is 12.3 Å². The van der Waals surface area contributed by atoms with Gasteiger partial charge in [0.2, 0.25) is 11.8 Å². The average molecular weight is 371 g/mol. The van der Waals surface area contributed by atoms with Crippen molar-refractivity contribution >= 4 is 11.8 Å². The highest BCUT2D eigenvalue weighted by atomic mass is 19.4. The van der Waals surface area contributed by atoms with Crippen molar-refractivity contribution in [2.24, 2.45) is 0 Å². The summed E-state index contributed by atoms with van der Waals surface area (Å²) in [6.07, 6.45) is 1.37. The molecule has 2 fully saturated rings. The lowest BCUT2D eigenvalue weighted by Crippen LogP contribution is -2.42. The van der Waals surface area contributed by atoms with Crippen LogP contribution in [0, 0.1) is 0 Å². The summed E-state index contributed by atoms with van der Waals surface area (Å²) in [7, 11) is 0. The van der Waals surface area contributed by atoms with Crippen LogP contribution in [0.3, 0.4) is 0 Å². The molecule has 1 saturated carbocycles. The molecule has 1 aliphatic carbocycles. The molecule has 0 bridgehead atoms. The van der Waals surface area contributed by atoms with E-state index in [9.17, 15) is 22.8 Å². The molecule has 0 aromatic carbocycles. The molecule has 1 N–H and O–H groups in total. The van der Waals surface area contributed by atoms with Gasteiger partial charge in [-0.1, -0.05) is 12.8 Å². The topological polar surface area (TPSA) is 71.5 Å². The second-order valence-corrected chi connectivity index (χ2v) is 6.59. The van der Waals surface area contributed by atoms with Crippen molar-refractivity contribution in [3.8, 4) is 5.88 Å². The van der Waals surface area contributed by atoms with E-state index in [0.717, 1.165) is 25.7 Å². The minimum atomic E-state index is -4.46. The summed E-state index contributed by atoms with van der Waals surface area (Å²) in [6, 6.07) is 1.53. The molecule has 6 nitrogen and oxygen atoms in total. The Bertz CT molecular complexity index is 688. The van der Waals surface area contributed by atoms with Crippen molar-refractivity contribution in [3.05, 3.63) is 23.4 Å². The van der Waals surface area contributed by atoms with Crippen LogP contribution in [0.2, 0.25) is 0 Å². The number of hydrogen-bond acceptors (Lipinski definition) is 4. The number of hydrazine groups is 1. The van der Waals surface area contributed by atoms with Crippen LogP contribution in [0.4, 0.5) is 13.2 Å². The van der Waals surface area contributed by atoms with Crippen LogP contribution in [-0.4, -0.2) is 41.1 Å². The number of ether oxygens (including phenoxy) is 1. The Kier molecular flexibility index (Phi) is 5.33. The lowest BCUT2D eigenvalue weighted by Gasteiger charge is -2.19. The number of halogens is 3. The summed E-state index contributed by atoms with van der Waals surface area (Å²) < 4.78 is 42.3. The van der Waals surface area contributed by atoms with Crippen molar-refractivity contribution in [3.63, 3.8) is 0 Å². The molecule has 2 amide bonds. The highest BCUT2D eigenvalue weighted by Gasteiger charge is 2.31. The van der Waals surface area contributed by atoms with E-state index in [1.807, 2.05) is 0 Å². The van der Waals surface area contributed by atoms with Gasteiger partial charge in [0.05, 0.1) is 5.56 Å². The van der Waals surface area contributed by atoms with E-state index in [4.69, 9.17) is 4.74 Å². The Morgan fingerprint density at radius 1 is 1.31 bits per heavy atom. The lowest BCUT2D eigenvalue weighted by molar-refractivity contribution is -0.154. The summed E-state index contributed by atoms with van der Waals surface area (Å²) in [5.41, 5.74) is 3.24. The largest absolute Gasteiger partial charge is 0.468 e. The predicted molar refractivity (Wildman–Crippen MR) is 85.4 cm³/mol. The number of alkyl halides is 3. The fraction of sp³-hybridized carbons (Fsp3) is 0.588. The molecule has 142 valence electrons. The molecule has 26 heavy (non-hydrogen) atoms. The number of aromatic nitrogens is 1. The minimum Gasteiger partial charge on any atom is -0.468 e. The molecule has 3 rings (SSSR count). The molecule has 9 heteroatoms. The summed E-state index contributed by atoms with van der Waals surface area (Å²) >= 11 is 0. The van der Waals surface area contributed by atoms with E-state index in [2.05, 4.69) is 10.4 Å². The van der Waals surface area contributed by atoms with E-state index in [-0.39, 0.29) is 23.3 Å². The van der Waals surface area contributed by atoms with Gasteiger partial charge >= 0.3 is 6.18 Å². The van der Waals surface area contributed by atoms with E-state index in [0.29, 0.717) is 24.9 Å². The van der Waals surface area contributed by atoms with Crippen LogP contribution in [0.25, 0.3) is 0 Å². The van der Waals surface area contributed by atoms with Crippen molar-refractivity contribution in [2.75, 3.05) is 13.2 Å². The number of pyridine rings is 1. The number of nitrogens with zero attached hydrogens (tertiary/aromatic N) is 2. The zero-order valence-corrected chi connectivity index (χ0v) is 14.1. The molecule has 0 spiro atoms. The Balaban J connectivity index is 1.79. The van der Waals surface area contributed by atoms with Crippen molar-refractivity contribution in [1.29, 1.82) is 0 Å². The smallest absolute Gasteiger partial charge is 0.422 e. The molecule has 1 saturated heterocycles. The van der Waals surface area contributed by atoms with Crippen LogP contribution in [0.5, 0.6) is 5.88 Å². The maximum Gasteiger partial charge on any atom is 0.422 e. The van der Waals surface area contributed by atoms with Gasteiger partial charge in [-0.15, -0.1) is 0 Å². The zero-order valence-electron chi connectivity index (χ0n) is 14.1. The number of nitrogens with one attached hydrogen (secondary N) is 1. The quantitative estimate of drug-likeness (QED) is 0.864. The second-order valence-electron chi connectivity index (χ2n) is 6.59. The van der Waals surface area contributed by atoms with Crippen LogP contribution < -0.4 is 10.2 Å². The molecule has 0 atom stereocenters. The van der Waals surface area contributed by atoms with Gasteiger partial charge in [0.1, 0.15) is 0 Å². The van der Waals surface area contributed by atoms with Gasteiger partial charge in [0.25, 0.3) is 5.91 Å². The highest BCUT2D eigenvalue weighted by Crippen LogP contribution is 2.38. The van der Waals surface area contributed by atoms with E-state index >= 15 is 0 Å². The molecular formula is C17H20F3N3O3. The number of rotatable bonds is 5. The second kappa shape index (κ2) is 7.51. The first-order chi connectivity index (χ1) is 12.3. The third-order valence-electron chi connectivity index (χ3n) is 4.62. The average Bonchev–Trinajstić information content (AvgIpc) is 3.24. The molecule has 2 heterocycles. The first kappa shape index (κ1) is 18.5. The Labute approximate surface area is 148 Å². The first-order valence-corrected chi connectivity index (χ1v) is 8.64. The minimum absolute atomic E-state index is 0.0203. The summed E-state index contributed by atoms with van der Waals surface area (Å²) in [6.45, 7) is -0.978. The van der Waals surface area contributed by atoms with Gasteiger partial charge in [-0.3, -0.25) is 20.0 Å². The van der Waals surface area contributed by atoms with Crippen molar-refractivity contribution < 1.29 is 27.5 Å². The van der Waals surface area contributed by atoms with Gasteiger partial charge in [-0.2, -0.15) is 13.2 Å². The fourth-order valence-corrected chi connectivity index (χ4v) is 3.35. The van der Waals surface area contributed by atoms with E-state index in [1.165, 1.54) is 17.3 Å². The third-order valence-corrected chi connectivity index (χ3v) is 4.62. The maximum atomic E-state index is 12.5. The standard InChI is InChI=1S/C17H20F3N3O3/c18-17(19,20)10-26-16-13(11-4-1-2-5-11)8-12(9-21-16)15(25)22-23-7-3-6-14(23)24/h8-9,11H,1-7,10H2,(H,22,25). The molecule has 1 aliphatic heterocycles. The SMILES string of the molecule is O=C(NN1CCCC1=O)c1cnc(OCC(F)(F)F)c(C2CCCC2)c1. The first-order valence-electron chi connectivity index (χ1n) is 8.64. The third kappa shape index (κ3) is 4.44. The molecule has 2 aliphatic rings. The monoisotopic (exact) mass is 371 g/mol. The zero-order chi connectivity index (χ0) is 18.7. The fourth-order valence-electron chi connectivity index (χ4n) is 3.35. The molecule has 0 radical (unpaired) electrons. The number of amides is 2. The Morgan fingerprint density at radius 3 is 2.65 bits per heavy atom. The Morgan fingerprint density at radius 2 is 2.04 bits per heavy atom. The van der Waals surface area contributed by atoms with Gasteiger partial charge in [-0.05, 0) is 31.2 Å². The van der Waals surface area contributed by atoms with Gasteiger partial charge in [-0.25, -0.2) is 4.98 Å². The highest BCUT2D eigenvalue weighted by molar-refractivity contribution is 5.95. The molecular weight excluding hydrogens is 351 g/mol. The Hall–Kier alpha value is -2.32. The normalized spacial score (nSPS) is 18.4.